The van der Waals surface area contributed by atoms with E-state index in [4.69, 9.17) is 4.74 Å². The predicted molar refractivity (Wildman–Crippen MR) is 149 cm³/mol. The molecule has 5 heteroatoms. The van der Waals surface area contributed by atoms with Gasteiger partial charge in [-0.3, -0.25) is 4.79 Å². The Hall–Kier alpha value is -0.910. The standard InChI is InChI=1S/C33H54O5/c1-20(2)22-10-15-33(28(37)38-19-21(35)18-34)17-16-31(6)23(27(22)33)8-9-25-30(5)13-12-26(36)29(3,4)24(30)11-14-32(25,31)7/h21-27,34-36H,1,8-19H2,2-7H3/t21?,22-,23?,24?,25?,26-,27?,30-,31+,32+,33-/m0/s1. The van der Waals surface area contributed by atoms with Crippen LogP contribution in [0.3, 0.4) is 0 Å². The minimum Gasteiger partial charge on any atom is -0.462 e. The summed E-state index contributed by atoms with van der Waals surface area (Å²) in [4.78, 5) is 13.8. The van der Waals surface area contributed by atoms with E-state index in [2.05, 4.69) is 48.1 Å². The Morgan fingerprint density at radius 2 is 1.63 bits per heavy atom. The number of esters is 1. The van der Waals surface area contributed by atoms with Gasteiger partial charge in [-0.05, 0) is 122 Å². The average Bonchev–Trinajstić information content (AvgIpc) is 3.26. The number of carbonyl (C=O) groups is 1. The SMILES string of the molecule is C=C(C)[C@@H]1CC[C@]2(C(=O)OCC(O)CO)CC[C@]3(C)C(CCC4[C@@]5(C)CC[C@H](O)C(C)(C)C5CC[C@]43C)C12. The molecule has 0 aliphatic heterocycles. The maximum Gasteiger partial charge on any atom is 0.312 e. The van der Waals surface area contributed by atoms with Crippen LogP contribution in [-0.4, -0.2) is 46.7 Å². The number of fused-ring (bicyclic) bond motifs is 7. The van der Waals surface area contributed by atoms with Crippen molar-refractivity contribution in [3.05, 3.63) is 12.2 Å². The van der Waals surface area contributed by atoms with Gasteiger partial charge in [0.15, 0.2) is 0 Å². The fraction of sp³-hybridized carbons (Fsp3) is 0.909. The van der Waals surface area contributed by atoms with Gasteiger partial charge in [0.25, 0.3) is 0 Å². The molecule has 5 rings (SSSR count). The predicted octanol–water partition coefficient (Wildman–Crippen LogP) is 5.90. The zero-order chi connectivity index (χ0) is 27.9. The first-order chi connectivity index (χ1) is 17.7. The van der Waals surface area contributed by atoms with Gasteiger partial charge in [-0.25, -0.2) is 0 Å². The Morgan fingerprint density at radius 3 is 2.29 bits per heavy atom. The van der Waals surface area contributed by atoms with E-state index in [1.165, 1.54) is 24.8 Å². The molecule has 0 saturated heterocycles. The van der Waals surface area contributed by atoms with Crippen molar-refractivity contribution in [1.29, 1.82) is 0 Å². The van der Waals surface area contributed by atoms with E-state index in [9.17, 15) is 20.1 Å². The Labute approximate surface area is 230 Å². The summed E-state index contributed by atoms with van der Waals surface area (Å²) in [6.45, 7) is 18.3. The largest absolute Gasteiger partial charge is 0.462 e. The zero-order valence-electron chi connectivity index (χ0n) is 24.9. The van der Waals surface area contributed by atoms with Crippen LogP contribution < -0.4 is 0 Å². The molecule has 5 unspecified atom stereocenters. The molecule has 0 bridgehead atoms. The van der Waals surface area contributed by atoms with Crippen LogP contribution in [0.2, 0.25) is 0 Å². The molecule has 0 radical (unpaired) electrons. The quantitative estimate of drug-likeness (QED) is 0.304. The van der Waals surface area contributed by atoms with E-state index in [1.54, 1.807) is 0 Å². The van der Waals surface area contributed by atoms with Crippen molar-refractivity contribution < 1.29 is 24.9 Å². The van der Waals surface area contributed by atoms with E-state index < -0.39 is 18.1 Å². The third kappa shape index (κ3) is 3.69. The molecule has 38 heavy (non-hydrogen) atoms. The zero-order valence-corrected chi connectivity index (χ0v) is 24.9. The monoisotopic (exact) mass is 530 g/mol. The molecule has 11 atom stereocenters. The molecular formula is C33H54O5. The molecule has 0 aromatic rings. The van der Waals surface area contributed by atoms with Gasteiger partial charge in [0.2, 0.25) is 0 Å². The molecule has 0 aromatic heterocycles. The lowest BCUT2D eigenvalue weighted by atomic mass is 9.32. The lowest BCUT2D eigenvalue weighted by molar-refractivity contribution is -0.248. The maximum atomic E-state index is 13.8. The Balaban J connectivity index is 1.51. The van der Waals surface area contributed by atoms with Crippen molar-refractivity contribution >= 4 is 5.97 Å². The van der Waals surface area contributed by atoms with Gasteiger partial charge in [0.1, 0.15) is 12.7 Å². The number of ether oxygens (including phenoxy) is 1. The normalized spacial score (nSPS) is 50.1. The van der Waals surface area contributed by atoms with Gasteiger partial charge in [0.05, 0.1) is 18.1 Å². The van der Waals surface area contributed by atoms with Crippen LogP contribution in [0.5, 0.6) is 0 Å². The topological polar surface area (TPSA) is 87.0 Å². The highest BCUT2D eigenvalue weighted by Crippen LogP contribution is 2.77. The Bertz CT molecular complexity index is 959. The van der Waals surface area contributed by atoms with Crippen LogP contribution in [0.1, 0.15) is 106 Å². The van der Waals surface area contributed by atoms with Crippen molar-refractivity contribution in [3.63, 3.8) is 0 Å². The second-order valence-corrected chi connectivity index (χ2v) is 15.7. The minimum absolute atomic E-state index is 0.0484. The molecule has 5 aliphatic carbocycles. The summed E-state index contributed by atoms with van der Waals surface area (Å²) < 4.78 is 5.73. The third-order valence-corrected chi connectivity index (χ3v) is 14.1. The molecule has 5 fully saturated rings. The molecule has 5 saturated carbocycles. The molecule has 0 spiro atoms. The molecule has 5 aliphatic rings. The molecule has 5 nitrogen and oxygen atoms in total. The summed E-state index contributed by atoms with van der Waals surface area (Å²) in [5.74, 6) is 2.01. The van der Waals surface area contributed by atoms with Gasteiger partial charge >= 0.3 is 5.97 Å². The lowest BCUT2D eigenvalue weighted by Crippen LogP contribution is -2.67. The summed E-state index contributed by atoms with van der Waals surface area (Å²) in [6.07, 6.45) is 9.20. The van der Waals surface area contributed by atoms with Crippen LogP contribution in [0.15, 0.2) is 12.2 Å². The number of aliphatic hydroxyl groups excluding tert-OH is 3. The van der Waals surface area contributed by atoms with E-state index in [0.717, 1.165) is 44.9 Å². The van der Waals surface area contributed by atoms with E-state index >= 15 is 0 Å². The van der Waals surface area contributed by atoms with Gasteiger partial charge in [0, 0.05) is 0 Å². The highest BCUT2D eigenvalue weighted by Gasteiger charge is 2.72. The summed E-state index contributed by atoms with van der Waals surface area (Å²) in [6, 6.07) is 0. The highest BCUT2D eigenvalue weighted by atomic mass is 16.5. The van der Waals surface area contributed by atoms with Gasteiger partial charge in [-0.15, -0.1) is 0 Å². The number of hydrogen-bond donors (Lipinski definition) is 3. The molecular weight excluding hydrogens is 476 g/mol. The molecule has 0 aromatic carbocycles. The van der Waals surface area contributed by atoms with Crippen molar-refractivity contribution in [1.82, 2.24) is 0 Å². The van der Waals surface area contributed by atoms with Crippen LogP contribution >= 0.6 is 0 Å². The number of hydrogen-bond acceptors (Lipinski definition) is 5. The van der Waals surface area contributed by atoms with E-state index in [0.29, 0.717) is 23.7 Å². The smallest absolute Gasteiger partial charge is 0.312 e. The van der Waals surface area contributed by atoms with Crippen LogP contribution in [0, 0.1) is 56.7 Å². The van der Waals surface area contributed by atoms with Gasteiger partial charge in [-0.2, -0.15) is 0 Å². The molecule has 0 heterocycles. The average molecular weight is 531 g/mol. The molecule has 0 amide bonds. The van der Waals surface area contributed by atoms with Crippen molar-refractivity contribution in [2.45, 2.75) is 118 Å². The number of allylic oxidation sites excluding steroid dienone is 1. The lowest BCUT2D eigenvalue weighted by Gasteiger charge is -2.72. The van der Waals surface area contributed by atoms with Crippen LogP contribution in [0.4, 0.5) is 0 Å². The first-order valence-corrected chi connectivity index (χ1v) is 15.5. The number of aliphatic hydroxyl groups is 3. The maximum absolute atomic E-state index is 13.8. The first-order valence-electron chi connectivity index (χ1n) is 15.5. The Morgan fingerprint density at radius 1 is 0.921 bits per heavy atom. The fourth-order valence-electron chi connectivity index (χ4n) is 11.9. The summed E-state index contributed by atoms with van der Waals surface area (Å²) >= 11 is 0. The van der Waals surface area contributed by atoms with E-state index in [-0.39, 0.29) is 46.3 Å². The summed E-state index contributed by atoms with van der Waals surface area (Å²) in [7, 11) is 0. The highest BCUT2D eigenvalue weighted by molar-refractivity contribution is 5.78. The van der Waals surface area contributed by atoms with Crippen LogP contribution in [-0.2, 0) is 9.53 Å². The summed E-state index contributed by atoms with van der Waals surface area (Å²) in [5, 5.41) is 30.1. The van der Waals surface area contributed by atoms with Crippen molar-refractivity contribution in [3.8, 4) is 0 Å². The molecule has 3 N–H and O–H groups in total. The number of rotatable bonds is 5. The number of carbonyl (C=O) groups excluding carboxylic acids is 1. The second-order valence-electron chi connectivity index (χ2n) is 15.7. The van der Waals surface area contributed by atoms with Crippen molar-refractivity contribution in [2.24, 2.45) is 56.7 Å². The Kier molecular flexibility index (Phi) is 7.01. The van der Waals surface area contributed by atoms with Crippen LogP contribution in [0.25, 0.3) is 0 Å². The second kappa shape index (κ2) is 9.31. The fourth-order valence-corrected chi connectivity index (χ4v) is 11.9. The third-order valence-electron chi connectivity index (χ3n) is 14.1. The minimum atomic E-state index is -1.02. The van der Waals surface area contributed by atoms with Crippen molar-refractivity contribution in [2.75, 3.05) is 13.2 Å². The van der Waals surface area contributed by atoms with Gasteiger partial charge in [-0.1, -0.05) is 46.8 Å². The van der Waals surface area contributed by atoms with Gasteiger partial charge < -0.3 is 20.1 Å². The van der Waals surface area contributed by atoms with E-state index in [1.807, 2.05) is 0 Å². The molecule has 216 valence electrons. The summed E-state index contributed by atoms with van der Waals surface area (Å²) in [5.41, 5.74) is 1.21. The first kappa shape index (κ1) is 28.6.